The van der Waals surface area contributed by atoms with Gasteiger partial charge in [0.2, 0.25) is 6.29 Å². The molecule has 1 radical (unpaired) electrons. The molecule has 0 rings (SSSR count). The van der Waals surface area contributed by atoms with Gasteiger partial charge >= 0.3 is 11.9 Å². The van der Waals surface area contributed by atoms with E-state index >= 15 is 0 Å². The van der Waals surface area contributed by atoms with Gasteiger partial charge in [0.05, 0.1) is 0 Å². The maximum atomic E-state index is 11.4. The van der Waals surface area contributed by atoms with Gasteiger partial charge in [-0.05, 0) is 13.8 Å². The van der Waals surface area contributed by atoms with Crippen molar-refractivity contribution in [3.05, 3.63) is 24.3 Å². The maximum Gasteiger partial charge on any atom is 0.336 e. The monoisotopic (exact) mass is 269 g/mol. The highest BCUT2D eigenvalue weighted by Crippen LogP contribution is 2.11. The average molecular weight is 269 g/mol. The van der Waals surface area contributed by atoms with Crippen LogP contribution in [0.25, 0.3) is 0 Å². The highest BCUT2D eigenvalue weighted by molar-refractivity contribution is 6.55. The average Bonchev–Trinajstić information content (AvgIpc) is 2.25. The summed E-state index contributed by atoms with van der Waals surface area (Å²) in [6.07, 6.45) is -0.336. The van der Waals surface area contributed by atoms with E-state index in [9.17, 15) is 9.59 Å². The van der Waals surface area contributed by atoms with Gasteiger partial charge in [0.1, 0.15) is 0 Å². The van der Waals surface area contributed by atoms with Crippen molar-refractivity contribution in [1.29, 1.82) is 0 Å². The number of ether oxygens (including phenoxy) is 2. The molecule has 0 unspecified atom stereocenters. The first-order valence-electron chi connectivity index (χ1n) is 5.76. The Balaban J connectivity index is 4.51. The quantitative estimate of drug-likeness (QED) is 0.308. The van der Waals surface area contributed by atoms with Crippen molar-refractivity contribution < 1.29 is 19.1 Å². The summed E-state index contributed by atoms with van der Waals surface area (Å²) in [5.74, 6) is -1.09. The second kappa shape index (κ2) is 7.87. The zero-order chi connectivity index (χ0) is 14.3. The minimum atomic E-state index is -0.849. The predicted octanol–water partition coefficient (Wildman–Crippen LogP) is 2.70. The van der Waals surface area contributed by atoms with Crippen LogP contribution in [-0.4, -0.2) is 27.0 Å². The third-order valence-electron chi connectivity index (χ3n) is 2.05. The molecule has 0 aromatic carbocycles. The Labute approximate surface area is 110 Å². The maximum absolute atomic E-state index is 11.4. The molecule has 0 atom stereocenters. The van der Waals surface area contributed by atoms with Gasteiger partial charge in [-0.2, -0.15) is 0 Å². The first-order valence-corrected chi connectivity index (χ1v) is 8.46. The number of esters is 2. The Kier molecular flexibility index (Phi) is 7.27. The van der Waals surface area contributed by atoms with E-state index in [1.165, 1.54) is 0 Å². The molecule has 0 spiro atoms. The topological polar surface area (TPSA) is 52.6 Å². The first-order chi connectivity index (χ1) is 8.23. The highest BCUT2D eigenvalue weighted by Gasteiger charge is 2.20. The fourth-order valence-electron chi connectivity index (χ4n) is 0.988. The lowest BCUT2D eigenvalue weighted by atomic mass is 10.3. The van der Waals surface area contributed by atoms with Gasteiger partial charge in [0, 0.05) is 26.4 Å². The zero-order valence-electron chi connectivity index (χ0n) is 11.5. The first kappa shape index (κ1) is 16.6. The van der Waals surface area contributed by atoms with Crippen molar-refractivity contribution in [3.63, 3.8) is 0 Å². The fraction of sp³-hybridized carbons (Fsp3) is 0.538. The largest absolute Gasteiger partial charge is 0.422 e. The second-order valence-corrected chi connectivity index (χ2v) is 7.46. The van der Waals surface area contributed by atoms with Crippen molar-refractivity contribution >= 4 is 20.7 Å². The van der Waals surface area contributed by atoms with Gasteiger partial charge in [-0.3, -0.25) is 0 Å². The van der Waals surface area contributed by atoms with Crippen molar-refractivity contribution in [2.45, 2.75) is 45.7 Å². The Morgan fingerprint density at radius 2 is 1.44 bits per heavy atom. The van der Waals surface area contributed by atoms with E-state index in [1.807, 2.05) is 0 Å². The van der Waals surface area contributed by atoms with Crippen LogP contribution in [0.5, 0.6) is 0 Å². The van der Waals surface area contributed by atoms with Crippen LogP contribution < -0.4 is 0 Å². The summed E-state index contributed by atoms with van der Waals surface area (Å²) in [6.45, 7) is 14.4. The van der Waals surface area contributed by atoms with Gasteiger partial charge in [0.25, 0.3) is 0 Å². The molecular weight excluding hydrogens is 248 g/mol. The molecule has 0 saturated carbocycles. The van der Waals surface area contributed by atoms with Crippen LogP contribution in [0.1, 0.15) is 20.3 Å². The molecule has 101 valence electrons. The molecule has 0 aliphatic carbocycles. The number of hydrogen-bond acceptors (Lipinski definition) is 4. The third-order valence-corrected chi connectivity index (χ3v) is 3.34. The highest BCUT2D eigenvalue weighted by atomic mass is 28.3. The fourth-order valence-corrected chi connectivity index (χ4v) is 1.80. The molecule has 0 aromatic heterocycles. The van der Waals surface area contributed by atoms with E-state index in [-0.39, 0.29) is 11.1 Å². The number of rotatable bonds is 7. The molecule has 5 heteroatoms. The van der Waals surface area contributed by atoms with Crippen LogP contribution in [0.15, 0.2) is 24.3 Å². The summed E-state index contributed by atoms with van der Waals surface area (Å²) in [4.78, 5) is 22.8. The van der Waals surface area contributed by atoms with E-state index < -0.39 is 27.0 Å². The number of hydrogen-bond donors (Lipinski definition) is 0. The lowest BCUT2D eigenvalue weighted by Gasteiger charge is -2.19. The van der Waals surface area contributed by atoms with Gasteiger partial charge < -0.3 is 9.47 Å². The van der Waals surface area contributed by atoms with Crippen LogP contribution in [0, 0.1) is 0 Å². The van der Waals surface area contributed by atoms with E-state index in [0.29, 0.717) is 6.42 Å². The Bertz CT molecular complexity index is 319. The molecule has 0 fully saturated rings. The van der Waals surface area contributed by atoms with Crippen LogP contribution in [0.4, 0.5) is 0 Å². The van der Waals surface area contributed by atoms with Gasteiger partial charge in [0.15, 0.2) is 0 Å². The second-order valence-electron chi connectivity index (χ2n) is 4.55. The number of carbonyl (C=O) groups excluding carboxylic acids is 2. The molecule has 18 heavy (non-hydrogen) atoms. The minimum Gasteiger partial charge on any atom is -0.422 e. The molecule has 0 saturated heterocycles. The van der Waals surface area contributed by atoms with Crippen LogP contribution in [0.3, 0.4) is 0 Å². The normalized spacial score (nSPS) is 10.3. The van der Waals surface area contributed by atoms with Crippen molar-refractivity contribution in [3.8, 4) is 0 Å². The van der Waals surface area contributed by atoms with Gasteiger partial charge in [-0.15, -0.1) is 0 Å². The smallest absolute Gasteiger partial charge is 0.336 e. The lowest BCUT2D eigenvalue weighted by Crippen LogP contribution is -2.26. The molecule has 0 heterocycles. The van der Waals surface area contributed by atoms with Crippen molar-refractivity contribution in [2.75, 3.05) is 0 Å². The van der Waals surface area contributed by atoms with E-state index in [1.54, 1.807) is 13.8 Å². The molecule has 0 amide bonds. The Morgan fingerprint density at radius 1 is 1.06 bits per heavy atom. The van der Waals surface area contributed by atoms with E-state index in [2.05, 4.69) is 26.3 Å². The zero-order valence-corrected chi connectivity index (χ0v) is 12.5. The van der Waals surface area contributed by atoms with Crippen LogP contribution in [-0.2, 0) is 19.1 Å². The summed E-state index contributed by atoms with van der Waals surface area (Å²) in [5, 5.41) is 0. The third kappa shape index (κ3) is 7.06. The van der Waals surface area contributed by atoms with Crippen molar-refractivity contribution in [2.24, 2.45) is 0 Å². The van der Waals surface area contributed by atoms with E-state index in [0.717, 1.165) is 6.04 Å². The Hall–Kier alpha value is -1.36. The number of carbonyl (C=O) groups is 2. The van der Waals surface area contributed by atoms with E-state index in [4.69, 9.17) is 9.47 Å². The van der Waals surface area contributed by atoms with Crippen molar-refractivity contribution in [1.82, 2.24) is 0 Å². The standard InChI is InChI=1S/C13H21O4Si/c1-9(2)12(14)16-11(7-8-18(5)6)17-13(15)10(3)4/h11H,1,3,7-8H2,2,4-6H3. The molecule has 4 nitrogen and oxygen atoms in total. The van der Waals surface area contributed by atoms with Gasteiger partial charge in [-0.1, -0.05) is 32.3 Å². The summed E-state index contributed by atoms with van der Waals surface area (Å²) in [6, 6.07) is 0.891. The molecule has 0 aliphatic heterocycles. The molecule has 0 aliphatic rings. The SMILES string of the molecule is C=C(C)C(=O)OC(CC[Si](C)C)OC(=O)C(=C)C. The summed E-state index contributed by atoms with van der Waals surface area (Å²) >= 11 is 0. The predicted molar refractivity (Wildman–Crippen MR) is 72.5 cm³/mol. The lowest BCUT2D eigenvalue weighted by molar-refractivity contribution is -0.182. The summed E-state index contributed by atoms with van der Waals surface area (Å²) in [5.41, 5.74) is 0.565. The molecule has 0 bridgehead atoms. The minimum absolute atomic E-state index is 0.282. The van der Waals surface area contributed by atoms with Crippen LogP contribution in [0.2, 0.25) is 19.1 Å². The molecule has 0 N–H and O–H groups in total. The molecular formula is C13H21O4Si. The summed E-state index contributed by atoms with van der Waals surface area (Å²) in [7, 11) is -0.467. The molecule has 0 aromatic rings. The van der Waals surface area contributed by atoms with Crippen LogP contribution >= 0.6 is 0 Å². The Morgan fingerprint density at radius 3 is 1.72 bits per heavy atom. The van der Waals surface area contributed by atoms with Gasteiger partial charge in [-0.25, -0.2) is 9.59 Å². The summed E-state index contributed by atoms with van der Waals surface area (Å²) < 4.78 is 10.2.